The van der Waals surface area contributed by atoms with Crippen molar-refractivity contribution >= 4 is 33.3 Å². The Balaban J connectivity index is 1.88. The largest absolute Gasteiger partial charge is 0.292 e. The summed E-state index contributed by atoms with van der Waals surface area (Å²) in [7, 11) is 0. The lowest BCUT2D eigenvalue weighted by Gasteiger charge is -2.30. The van der Waals surface area contributed by atoms with E-state index in [0.29, 0.717) is 5.02 Å². The number of halogens is 2. The average molecular weight is 420 g/mol. The van der Waals surface area contributed by atoms with Crippen molar-refractivity contribution in [2.45, 2.75) is 49.3 Å². The zero-order chi connectivity index (χ0) is 17.7. The number of alkyl halides is 1. The summed E-state index contributed by atoms with van der Waals surface area (Å²) < 4.78 is -0.712. The summed E-state index contributed by atoms with van der Waals surface area (Å²) in [4.78, 5) is 13.4. The van der Waals surface area contributed by atoms with Gasteiger partial charge in [-0.25, -0.2) is 0 Å². The Morgan fingerprint density at radius 3 is 2.44 bits per heavy atom. The highest BCUT2D eigenvalue weighted by Gasteiger charge is 2.38. The van der Waals surface area contributed by atoms with Crippen molar-refractivity contribution in [1.82, 2.24) is 0 Å². The maximum Gasteiger partial charge on any atom is 0.183 e. The molecule has 3 rings (SSSR count). The van der Waals surface area contributed by atoms with Gasteiger partial charge in [-0.15, -0.1) is 0 Å². The first-order valence-electron chi connectivity index (χ1n) is 9.14. The van der Waals surface area contributed by atoms with Gasteiger partial charge in [-0.1, -0.05) is 102 Å². The van der Waals surface area contributed by atoms with Crippen LogP contribution < -0.4 is 0 Å². The fourth-order valence-corrected chi connectivity index (χ4v) is 4.72. The molecule has 1 nitrogen and oxygen atoms in total. The molecule has 2 aromatic rings. The molecule has 0 heterocycles. The Morgan fingerprint density at radius 2 is 1.76 bits per heavy atom. The predicted octanol–water partition coefficient (Wildman–Crippen LogP) is 7.17. The first-order valence-corrected chi connectivity index (χ1v) is 10.3. The van der Waals surface area contributed by atoms with E-state index in [1.165, 1.54) is 32.1 Å². The van der Waals surface area contributed by atoms with E-state index in [4.69, 9.17) is 11.6 Å². The van der Waals surface area contributed by atoms with Crippen LogP contribution in [0.15, 0.2) is 54.6 Å². The lowest BCUT2D eigenvalue weighted by Crippen LogP contribution is -2.30. The van der Waals surface area contributed by atoms with Gasteiger partial charge in [0.1, 0.15) is 4.32 Å². The Kier molecular flexibility index (Phi) is 6.35. The standard InChI is InChI=1S/C22H24BrClO/c23-22(19-12-7-13-20(24)16-19,15-14-17-8-3-1-4-9-17)21(25)18-10-5-2-6-11-18/h2,5-7,10-13,16-17H,1,3-4,8-9,14-15H2. The monoisotopic (exact) mass is 418 g/mol. The topological polar surface area (TPSA) is 17.1 Å². The number of hydrogen-bond donors (Lipinski definition) is 0. The maximum absolute atomic E-state index is 13.4. The number of carbonyl (C=O) groups excluding carboxylic acids is 1. The van der Waals surface area contributed by atoms with E-state index in [0.717, 1.165) is 29.9 Å². The summed E-state index contributed by atoms with van der Waals surface area (Å²) in [6.07, 6.45) is 8.44. The molecule has 0 N–H and O–H groups in total. The third-order valence-electron chi connectivity index (χ3n) is 5.30. The Bertz CT molecular complexity index is 709. The molecular formula is C22H24BrClO. The minimum Gasteiger partial charge on any atom is -0.292 e. The van der Waals surface area contributed by atoms with E-state index in [1.807, 2.05) is 54.6 Å². The zero-order valence-corrected chi connectivity index (χ0v) is 16.7. The molecule has 1 unspecified atom stereocenters. The van der Waals surface area contributed by atoms with Gasteiger partial charge in [-0.3, -0.25) is 4.79 Å². The second-order valence-electron chi connectivity index (χ2n) is 7.05. The summed E-state index contributed by atoms with van der Waals surface area (Å²) in [5.41, 5.74) is 1.69. The van der Waals surface area contributed by atoms with Crippen LogP contribution in [0, 0.1) is 5.92 Å². The van der Waals surface area contributed by atoms with Crippen LogP contribution in [0.3, 0.4) is 0 Å². The van der Waals surface area contributed by atoms with Crippen LogP contribution in [0.25, 0.3) is 0 Å². The van der Waals surface area contributed by atoms with Gasteiger partial charge in [0.15, 0.2) is 5.78 Å². The summed E-state index contributed by atoms with van der Waals surface area (Å²) in [6.45, 7) is 0. The van der Waals surface area contributed by atoms with Gasteiger partial charge in [-0.05, 0) is 36.5 Å². The number of benzene rings is 2. The van der Waals surface area contributed by atoms with Gasteiger partial charge in [0, 0.05) is 10.6 Å². The van der Waals surface area contributed by atoms with Crippen LogP contribution in [0.1, 0.15) is 60.9 Å². The lowest BCUT2D eigenvalue weighted by atomic mass is 9.80. The van der Waals surface area contributed by atoms with E-state index in [1.54, 1.807) is 0 Å². The van der Waals surface area contributed by atoms with Crippen LogP contribution in [0.2, 0.25) is 5.02 Å². The molecule has 0 radical (unpaired) electrons. The molecule has 0 spiro atoms. The van der Waals surface area contributed by atoms with Gasteiger partial charge in [0.25, 0.3) is 0 Å². The molecule has 1 saturated carbocycles. The SMILES string of the molecule is O=C(c1ccccc1)C(Br)(CCC1CCCCC1)c1cccc(Cl)c1. The van der Waals surface area contributed by atoms with Crippen molar-refractivity contribution in [3.05, 3.63) is 70.7 Å². The molecular weight excluding hydrogens is 396 g/mol. The van der Waals surface area contributed by atoms with Crippen molar-refractivity contribution in [1.29, 1.82) is 0 Å². The van der Waals surface area contributed by atoms with Gasteiger partial charge in [0.05, 0.1) is 0 Å². The van der Waals surface area contributed by atoms with Crippen LogP contribution >= 0.6 is 27.5 Å². The first kappa shape index (κ1) is 18.7. The van der Waals surface area contributed by atoms with Crippen LogP contribution in [0.5, 0.6) is 0 Å². The molecule has 1 aliphatic rings. The normalized spacial score (nSPS) is 17.8. The van der Waals surface area contributed by atoms with Crippen molar-refractivity contribution in [3.63, 3.8) is 0 Å². The van der Waals surface area contributed by atoms with Crippen molar-refractivity contribution in [2.24, 2.45) is 5.92 Å². The van der Waals surface area contributed by atoms with E-state index in [9.17, 15) is 4.79 Å². The average Bonchev–Trinajstić information content (AvgIpc) is 2.67. The third-order valence-corrected chi connectivity index (χ3v) is 6.75. The minimum absolute atomic E-state index is 0.117. The minimum atomic E-state index is -0.712. The second-order valence-corrected chi connectivity index (χ2v) is 8.84. The molecule has 132 valence electrons. The molecule has 1 atom stereocenters. The summed E-state index contributed by atoms with van der Waals surface area (Å²) >= 11 is 10.1. The lowest BCUT2D eigenvalue weighted by molar-refractivity contribution is 0.0934. The maximum atomic E-state index is 13.4. The highest BCUT2D eigenvalue weighted by molar-refractivity contribution is 9.10. The zero-order valence-electron chi connectivity index (χ0n) is 14.4. The molecule has 0 saturated heterocycles. The summed E-state index contributed by atoms with van der Waals surface area (Å²) in [6, 6.07) is 17.3. The number of ketones is 1. The molecule has 0 aliphatic heterocycles. The van der Waals surface area contributed by atoms with E-state index >= 15 is 0 Å². The summed E-state index contributed by atoms with van der Waals surface area (Å²) in [5, 5.41) is 0.667. The van der Waals surface area contributed by atoms with E-state index in [-0.39, 0.29) is 5.78 Å². The molecule has 1 fully saturated rings. The van der Waals surface area contributed by atoms with Crippen molar-refractivity contribution < 1.29 is 4.79 Å². The van der Waals surface area contributed by atoms with Crippen molar-refractivity contribution in [3.8, 4) is 0 Å². The molecule has 0 aromatic heterocycles. The van der Waals surface area contributed by atoms with Crippen LogP contribution in [0.4, 0.5) is 0 Å². The van der Waals surface area contributed by atoms with Gasteiger partial charge < -0.3 is 0 Å². The molecule has 3 heteroatoms. The molecule has 0 amide bonds. The molecule has 2 aromatic carbocycles. The van der Waals surface area contributed by atoms with E-state index in [2.05, 4.69) is 15.9 Å². The Morgan fingerprint density at radius 1 is 1.04 bits per heavy atom. The number of Topliss-reactive ketones (excluding diaryl/α,β-unsaturated/α-hetero) is 1. The summed E-state index contributed by atoms with van der Waals surface area (Å²) in [5.74, 6) is 0.847. The highest BCUT2D eigenvalue weighted by Crippen LogP contribution is 2.42. The van der Waals surface area contributed by atoms with Gasteiger partial charge in [0.2, 0.25) is 0 Å². The quantitative estimate of drug-likeness (QED) is 0.358. The second kappa shape index (κ2) is 8.51. The number of rotatable bonds is 6. The highest BCUT2D eigenvalue weighted by atomic mass is 79.9. The first-order chi connectivity index (χ1) is 12.1. The molecule has 25 heavy (non-hydrogen) atoms. The Labute approximate surface area is 163 Å². The fraction of sp³-hybridized carbons (Fsp3) is 0.409. The smallest absolute Gasteiger partial charge is 0.183 e. The van der Waals surface area contributed by atoms with E-state index < -0.39 is 4.32 Å². The fourth-order valence-electron chi connectivity index (χ4n) is 3.82. The van der Waals surface area contributed by atoms with Gasteiger partial charge in [-0.2, -0.15) is 0 Å². The predicted molar refractivity (Wildman–Crippen MR) is 109 cm³/mol. The number of carbonyl (C=O) groups is 1. The molecule has 1 aliphatic carbocycles. The third kappa shape index (κ3) is 4.54. The van der Waals surface area contributed by atoms with Crippen molar-refractivity contribution in [2.75, 3.05) is 0 Å². The van der Waals surface area contributed by atoms with Crippen LogP contribution in [-0.2, 0) is 4.32 Å². The van der Waals surface area contributed by atoms with Gasteiger partial charge >= 0.3 is 0 Å². The van der Waals surface area contributed by atoms with Crippen LogP contribution in [-0.4, -0.2) is 5.78 Å². The Hall–Kier alpha value is -1.12. The molecule has 0 bridgehead atoms. The number of hydrogen-bond acceptors (Lipinski definition) is 1.